The average molecular weight is 477 g/mol. The Balaban J connectivity index is 0.000000290. The molecule has 3 aliphatic heterocycles. The molecule has 0 saturated carbocycles. The van der Waals surface area contributed by atoms with Gasteiger partial charge in [-0.15, -0.1) is 0 Å². The predicted molar refractivity (Wildman–Crippen MR) is 93.6 cm³/mol. The molecule has 2 bridgehead atoms. The Hall–Kier alpha value is -0.640. The first-order valence-corrected chi connectivity index (χ1v) is 11.9. The van der Waals surface area contributed by atoms with E-state index in [1.54, 1.807) is 0 Å². The summed E-state index contributed by atoms with van der Waals surface area (Å²) in [5, 5.41) is 0. The molecule has 15 heteroatoms. The van der Waals surface area contributed by atoms with E-state index in [0.717, 1.165) is 4.13 Å². The number of hydrogen-bond acceptors (Lipinski definition) is 5. The van der Waals surface area contributed by atoms with Gasteiger partial charge in [-0.2, -0.15) is 26.3 Å². The van der Waals surface area contributed by atoms with Gasteiger partial charge in [0.2, 0.25) is 0 Å². The molecule has 0 radical (unpaired) electrons. The summed E-state index contributed by atoms with van der Waals surface area (Å²) in [5.41, 5.74) is -12.4. The molecule has 3 heterocycles. The van der Waals surface area contributed by atoms with Crippen LogP contribution in [0.5, 0.6) is 0 Å². The third-order valence-electron chi connectivity index (χ3n) is 4.94. The molecular weight excluding hydrogens is 452 g/mol. The molecule has 0 atom stereocenters. The highest BCUT2D eigenvalue weighted by molar-refractivity contribution is 8.13. The Kier molecular flexibility index (Phi) is 8.79. The van der Waals surface area contributed by atoms with Crippen LogP contribution < -0.4 is 0 Å². The third-order valence-corrected chi connectivity index (χ3v) is 7.68. The first-order chi connectivity index (χ1) is 13.1. The van der Waals surface area contributed by atoms with E-state index in [1.807, 2.05) is 0 Å². The zero-order valence-corrected chi connectivity index (χ0v) is 17.5. The fourth-order valence-corrected chi connectivity index (χ4v) is 4.86. The minimum absolute atomic E-state index is 0.778. The van der Waals surface area contributed by atoms with Crippen LogP contribution in [-0.2, 0) is 20.0 Å². The number of rotatable bonds is 7. The molecule has 0 aromatic carbocycles. The van der Waals surface area contributed by atoms with Gasteiger partial charge in [0.1, 0.15) is 0 Å². The number of hydrogen-bond donors (Lipinski definition) is 0. The van der Waals surface area contributed by atoms with Gasteiger partial charge in [-0.25, -0.2) is 16.8 Å². The highest BCUT2D eigenvalue weighted by Crippen LogP contribution is 2.36. The second-order valence-corrected chi connectivity index (χ2v) is 10.5. The second kappa shape index (κ2) is 9.66. The summed E-state index contributed by atoms with van der Waals surface area (Å²) < 4.78 is 111. The van der Waals surface area contributed by atoms with Crippen LogP contribution in [0.4, 0.5) is 26.3 Å². The minimum atomic E-state index is -6.72. The van der Waals surface area contributed by atoms with E-state index in [0.29, 0.717) is 0 Å². The maximum atomic E-state index is 11.4. The quantitative estimate of drug-likeness (QED) is 0.320. The molecule has 3 saturated heterocycles. The molecule has 0 aromatic heterocycles. The van der Waals surface area contributed by atoms with Gasteiger partial charge in [-0.05, 0) is 12.8 Å². The number of sulfonamides is 2. The van der Waals surface area contributed by atoms with Crippen molar-refractivity contribution in [3.05, 3.63) is 4.13 Å². The van der Waals surface area contributed by atoms with Gasteiger partial charge < -0.3 is 8.61 Å². The van der Waals surface area contributed by atoms with E-state index < -0.39 is 31.1 Å². The third kappa shape index (κ3) is 7.52. The van der Waals surface area contributed by atoms with Crippen LogP contribution in [0, 0.1) is 0 Å². The van der Waals surface area contributed by atoms with Crippen LogP contribution >= 0.6 is 0 Å². The van der Waals surface area contributed by atoms with E-state index in [4.69, 9.17) is 0 Å². The second-order valence-electron chi connectivity index (χ2n) is 7.05. The molecule has 3 aliphatic rings. The number of unbranched alkanes of at least 4 members (excludes halogenated alkanes) is 3. The summed E-state index contributed by atoms with van der Waals surface area (Å²) in [6, 6.07) is 0. The lowest BCUT2D eigenvalue weighted by atomic mass is 10.1. The number of nitrogens with zero attached hydrogens (tertiary/aromatic N) is 3. The van der Waals surface area contributed by atoms with Crippen molar-refractivity contribution in [1.82, 2.24) is 4.90 Å². The average Bonchev–Trinajstić information content (AvgIpc) is 2.58. The number of quaternary nitrogens is 1. The lowest BCUT2D eigenvalue weighted by molar-refractivity contribution is -0.941. The standard InChI is InChI=1S/C12H25N2.C2F6NO4S2/c1-2-3-4-5-9-14-10-6-13(7-11-14)8-12-14;3-1(4,5)14(10,11)9-15(12,13)2(6,7)8/h2-12H2,1H3;/q+1;-1. The van der Waals surface area contributed by atoms with E-state index >= 15 is 0 Å². The largest absolute Gasteiger partial charge is 0.480 e. The van der Waals surface area contributed by atoms with Crippen molar-refractivity contribution in [3.63, 3.8) is 0 Å². The normalized spacial score (nSPS) is 25.4. The van der Waals surface area contributed by atoms with Crippen LogP contribution in [0.15, 0.2) is 0 Å². The zero-order valence-electron chi connectivity index (χ0n) is 15.8. The smallest absolute Gasteiger partial charge is 0.421 e. The van der Waals surface area contributed by atoms with Crippen molar-refractivity contribution in [2.24, 2.45) is 0 Å². The molecule has 0 amide bonds. The summed E-state index contributed by atoms with van der Waals surface area (Å²) in [7, 11) is -13.4. The van der Waals surface area contributed by atoms with E-state index in [1.165, 1.54) is 76.0 Å². The molecule has 0 spiro atoms. The minimum Gasteiger partial charge on any atom is -0.421 e. The number of piperazine rings is 3. The molecule has 7 nitrogen and oxygen atoms in total. The summed E-state index contributed by atoms with van der Waals surface area (Å²) in [6.45, 7) is 12.2. The van der Waals surface area contributed by atoms with Gasteiger partial charge in [-0.3, -0.25) is 4.90 Å². The van der Waals surface area contributed by atoms with Crippen LogP contribution in [0.3, 0.4) is 0 Å². The fraction of sp³-hybridized carbons (Fsp3) is 1.00. The first-order valence-electron chi connectivity index (χ1n) is 8.99. The number of halogens is 6. The predicted octanol–water partition coefficient (Wildman–Crippen LogP) is 2.77. The Morgan fingerprint density at radius 3 is 1.55 bits per heavy atom. The zero-order chi connectivity index (χ0) is 22.6. The molecule has 0 N–H and O–H groups in total. The number of fused-ring (bicyclic) bond motifs is 3. The van der Waals surface area contributed by atoms with Crippen molar-refractivity contribution in [2.75, 3.05) is 45.8 Å². The van der Waals surface area contributed by atoms with Gasteiger partial charge in [-0.1, -0.05) is 19.8 Å². The van der Waals surface area contributed by atoms with Crippen molar-refractivity contribution < 1.29 is 47.7 Å². The first kappa shape index (κ1) is 26.4. The fourth-order valence-electron chi connectivity index (χ4n) is 3.15. The van der Waals surface area contributed by atoms with Crippen LogP contribution in [-0.4, -0.2) is 83.0 Å². The van der Waals surface area contributed by atoms with Gasteiger partial charge in [0.25, 0.3) is 0 Å². The van der Waals surface area contributed by atoms with E-state index in [-0.39, 0.29) is 0 Å². The molecule has 0 aliphatic carbocycles. The molecule has 29 heavy (non-hydrogen) atoms. The van der Waals surface area contributed by atoms with Gasteiger partial charge in [0.05, 0.1) is 26.2 Å². The van der Waals surface area contributed by atoms with E-state index in [2.05, 4.69) is 11.8 Å². The Bertz CT molecular complexity index is 674. The Morgan fingerprint density at radius 2 is 1.21 bits per heavy atom. The van der Waals surface area contributed by atoms with Crippen molar-refractivity contribution in [1.29, 1.82) is 0 Å². The summed E-state index contributed by atoms with van der Waals surface area (Å²) >= 11 is 0. The van der Waals surface area contributed by atoms with Crippen LogP contribution in [0.1, 0.15) is 32.6 Å². The summed E-state index contributed by atoms with van der Waals surface area (Å²) in [5.74, 6) is 0. The molecular formula is C14H25F6N3O4S2. The maximum Gasteiger partial charge on any atom is 0.480 e. The van der Waals surface area contributed by atoms with Crippen molar-refractivity contribution in [3.8, 4) is 0 Å². The van der Waals surface area contributed by atoms with Crippen molar-refractivity contribution in [2.45, 2.75) is 43.6 Å². The van der Waals surface area contributed by atoms with E-state index in [9.17, 15) is 43.2 Å². The summed E-state index contributed by atoms with van der Waals surface area (Å²) in [4.78, 5) is 2.63. The van der Waals surface area contributed by atoms with Gasteiger partial charge >= 0.3 is 11.0 Å². The van der Waals surface area contributed by atoms with Crippen molar-refractivity contribution >= 4 is 20.0 Å². The highest BCUT2D eigenvalue weighted by Gasteiger charge is 2.47. The molecule has 0 aromatic rings. The summed E-state index contributed by atoms with van der Waals surface area (Å²) in [6.07, 6.45) is 5.73. The van der Waals surface area contributed by atoms with Gasteiger partial charge in [0, 0.05) is 19.6 Å². The molecule has 3 rings (SSSR count). The SMILES string of the molecule is CCCCCC[N+]12CCN(CC1)CC2.O=S(=O)([N-]S(=O)(=O)C(F)(F)F)C(F)(F)F. The molecule has 174 valence electrons. The number of alkyl halides is 6. The Labute approximate surface area is 166 Å². The van der Waals surface area contributed by atoms with Gasteiger partial charge in [0.15, 0.2) is 20.0 Å². The highest BCUT2D eigenvalue weighted by atomic mass is 32.3. The van der Waals surface area contributed by atoms with Crippen LogP contribution in [0.2, 0.25) is 0 Å². The lowest BCUT2D eigenvalue weighted by Gasteiger charge is -2.50. The monoisotopic (exact) mass is 477 g/mol. The lowest BCUT2D eigenvalue weighted by Crippen LogP contribution is -2.67. The molecule has 0 unspecified atom stereocenters. The maximum absolute atomic E-state index is 11.4. The topological polar surface area (TPSA) is 85.6 Å². The van der Waals surface area contributed by atoms with Crippen LogP contribution in [0.25, 0.3) is 4.13 Å². The molecule has 3 fully saturated rings. The Morgan fingerprint density at radius 1 is 0.793 bits per heavy atom.